The molecule has 0 nitrogen and oxygen atoms in total. The second-order valence-corrected chi connectivity index (χ2v) is 52.0. The quantitative estimate of drug-likeness (QED) is 0.107. The number of benzene rings is 10. The van der Waals surface area contributed by atoms with Crippen molar-refractivity contribution in [1.29, 1.82) is 0 Å². The van der Waals surface area contributed by atoms with E-state index in [0.29, 0.717) is 7.25 Å². The van der Waals surface area contributed by atoms with Crippen LogP contribution in [0.1, 0.15) is 81.9 Å². The first-order valence-electron chi connectivity index (χ1n) is 26.0. The molecule has 2 aliphatic carbocycles. The molecule has 2 unspecified atom stereocenters. The fourth-order valence-corrected chi connectivity index (χ4v) is 33.1. The Morgan fingerprint density at radius 3 is 0.944 bits per heavy atom. The van der Waals surface area contributed by atoms with Crippen molar-refractivity contribution >= 4 is 86.9 Å². The average molecular weight is 1070 g/mol. The van der Waals surface area contributed by atoms with E-state index >= 15 is 0 Å². The fourth-order valence-electron chi connectivity index (χ4n) is 13.4. The van der Waals surface area contributed by atoms with E-state index in [2.05, 4.69) is 236 Å². The Hall–Kier alpha value is -5.60. The molecule has 2 atom stereocenters. The van der Waals surface area contributed by atoms with Gasteiger partial charge in [-0.2, -0.15) is 0 Å². The summed E-state index contributed by atoms with van der Waals surface area (Å²) in [6.45, 7) is 7.29. The van der Waals surface area contributed by atoms with Crippen LogP contribution in [0.25, 0.3) is 99.7 Å². The molecule has 0 N–H and O–H groups in total. The normalized spacial score (nSPS) is 15.2. The summed E-state index contributed by atoms with van der Waals surface area (Å²) >= 11 is -4.41. The maximum atomic E-state index is 2.90. The molecule has 72 heavy (non-hydrogen) atoms. The van der Waals surface area contributed by atoms with Gasteiger partial charge in [-0.15, -0.1) is 24.8 Å². The standard InChI is InChI=1S/2C33H27.2CH3.2ClH.H2Si.Zr/c2*1-2-3-10-23-21-32-30(28-17-8-13-24-11-4-6-15-26(24)28)19-20-31(33(32)22-23)29-18-9-14-25-12-5-7-16-27(25)29;;;;;;/h2*4-9,11-22H,2-3,10H2,1H3;2*1H3;2*1H;1H2;. The van der Waals surface area contributed by atoms with E-state index in [1.54, 1.807) is 22.3 Å². The Morgan fingerprint density at radius 2 is 0.625 bits per heavy atom. The molecule has 0 amide bonds. The molecular formula is C68H64Cl2SiZr. The van der Waals surface area contributed by atoms with Gasteiger partial charge in [0.05, 0.1) is 0 Å². The molecule has 0 aliphatic heterocycles. The number of halogens is 2. The zero-order chi connectivity index (χ0) is 47.6. The summed E-state index contributed by atoms with van der Waals surface area (Å²) < 4.78 is 6.45. The maximum Gasteiger partial charge on any atom is -0.147 e. The first kappa shape index (κ1) is 50.0. The van der Waals surface area contributed by atoms with E-state index in [1.165, 1.54) is 124 Å². The average Bonchev–Trinajstić information content (AvgIpc) is 4.00. The minimum Gasteiger partial charge on any atom is -0.147 e. The molecule has 0 bridgehead atoms. The summed E-state index contributed by atoms with van der Waals surface area (Å²) in [7, 11) is 0. The third-order valence-electron chi connectivity index (χ3n) is 16.4. The predicted octanol–water partition coefficient (Wildman–Crippen LogP) is 20.1. The summed E-state index contributed by atoms with van der Waals surface area (Å²) in [5.74, 6) is 0. The van der Waals surface area contributed by atoms with Crippen LogP contribution in [-0.4, -0.2) is 6.88 Å². The van der Waals surface area contributed by atoms with Gasteiger partial charge in [0.25, 0.3) is 0 Å². The molecule has 0 spiro atoms. The monoisotopic (exact) mass is 1070 g/mol. The van der Waals surface area contributed by atoms with Gasteiger partial charge in [0, 0.05) is 0 Å². The minimum absolute atomic E-state index is 0. The predicted molar refractivity (Wildman–Crippen MR) is 320 cm³/mol. The van der Waals surface area contributed by atoms with Gasteiger partial charge in [-0.3, -0.25) is 0 Å². The first-order valence-corrected chi connectivity index (χ1v) is 39.6. The molecule has 2 aliphatic rings. The van der Waals surface area contributed by atoms with Crippen LogP contribution in [-0.2, 0) is 17.4 Å². The molecular weight excluding hydrogens is 1010 g/mol. The third kappa shape index (κ3) is 8.32. The summed E-state index contributed by atoms with van der Waals surface area (Å²) in [5.41, 5.74) is 20.3. The van der Waals surface area contributed by atoms with Crippen LogP contribution in [0.15, 0.2) is 205 Å². The number of unbranched alkanes of at least 4 members (excludes halogenated alkanes) is 2. The van der Waals surface area contributed by atoms with Gasteiger partial charge in [-0.05, 0) is 0 Å². The van der Waals surface area contributed by atoms with Crippen molar-refractivity contribution < 1.29 is 17.4 Å². The number of allylic oxidation sites excluding steroid dienone is 2. The summed E-state index contributed by atoms with van der Waals surface area (Å²) in [6.07, 6.45) is 12.4. The van der Waals surface area contributed by atoms with E-state index in [0.717, 1.165) is 12.8 Å². The van der Waals surface area contributed by atoms with Crippen molar-refractivity contribution in [3.8, 4) is 44.5 Å². The molecule has 0 saturated carbocycles. The second-order valence-electron chi connectivity index (χ2n) is 21.5. The van der Waals surface area contributed by atoms with Crippen molar-refractivity contribution in [2.24, 2.45) is 0 Å². The molecule has 4 heteroatoms. The van der Waals surface area contributed by atoms with Gasteiger partial charge in [0.2, 0.25) is 0 Å². The van der Waals surface area contributed by atoms with Gasteiger partial charge in [-0.1, -0.05) is 0 Å². The van der Waals surface area contributed by atoms with Gasteiger partial charge in [0.15, 0.2) is 0 Å². The van der Waals surface area contributed by atoms with Gasteiger partial charge in [-0.25, -0.2) is 0 Å². The van der Waals surface area contributed by atoms with Crippen LogP contribution in [0.3, 0.4) is 0 Å². The SMILES string of the molecule is CCCCC1=Cc2c(-c3cccc4ccccc34)ccc(-c3cccc4ccccc34)c2[CH]1[Zr]([CH3])([CH3])(=[SiH2])[CH]1C(CCCC)=Cc2c(-c3cccc4ccccc34)ccc(-c3cccc4ccccc34)c21.Cl.Cl. The van der Waals surface area contributed by atoms with E-state index in [-0.39, 0.29) is 24.8 Å². The van der Waals surface area contributed by atoms with E-state index < -0.39 is 17.4 Å². The topological polar surface area (TPSA) is 0 Å². The Labute approximate surface area is 441 Å². The molecule has 0 heterocycles. The van der Waals surface area contributed by atoms with Crippen LogP contribution in [0.5, 0.6) is 0 Å². The first-order chi connectivity index (χ1) is 34.2. The summed E-state index contributed by atoms with van der Waals surface area (Å²) in [6, 6.07) is 74.0. The Kier molecular flexibility index (Phi) is 13.9. The van der Waals surface area contributed by atoms with Crippen molar-refractivity contribution in [1.82, 2.24) is 0 Å². The second kappa shape index (κ2) is 20.0. The van der Waals surface area contributed by atoms with Crippen molar-refractivity contribution in [2.45, 2.75) is 68.9 Å². The van der Waals surface area contributed by atoms with Gasteiger partial charge >= 0.3 is 420 Å². The fraction of sp³-hybridized carbons (Fsp3) is 0.176. The molecule has 358 valence electrons. The number of fused-ring (bicyclic) bond motifs is 6. The molecule has 0 fully saturated rings. The zero-order valence-electron chi connectivity index (χ0n) is 42.1. The van der Waals surface area contributed by atoms with E-state index in [1.807, 2.05) is 0 Å². The number of hydrogen-bond donors (Lipinski definition) is 0. The largest absolute Gasteiger partial charge is 0.147 e. The van der Waals surface area contributed by atoms with Crippen LogP contribution in [0.2, 0.25) is 9.26 Å². The molecule has 0 radical (unpaired) electrons. The van der Waals surface area contributed by atoms with Crippen LogP contribution in [0.4, 0.5) is 0 Å². The molecule has 10 aromatic carbocycles. The van der Waals surface area contributed by atoms with Crippen molar-refractivity contribution in [3.05, 3.63) is 228 Å². The summed E-state index contributed by atoms with van der Waals surface area (Å²) in [5, 5.41) is 10.5. The smallest absolute Gasteiger partial charge is 0.147 e. The molecule has 10 aromatic rings. The van der Waals surface area contributed by atoms with Crippen LogP contribution >= 0.6 is 24.8 Å². The molecule has 0 aromatic heterocycles. The summed E-state index contributed by atoms with van der Waals surface area (Å²) in [4.78, 5) is 0. The van der Waals surface area contributed by atoms with Gasteiger partial charge < -0.3 is 0 Å². The molecule has 12 rings (SSSR count). The van der Waals surface area contributed by atoms with E-state index in [9.17, 15) is 0 Å². The number of hydrogen-bond acceptors (Lipinski definition) is 0. The Morgan fingerprint density at radius 1 is 0.347 bits per heavy atom. The van der Waals surface area contributed by atoms with Crippen LogP contribution in [0, 0.1) is 0 Å². The Bertz CT molecular complexity index is 3600. The minimum atomic E-state index is -4.41. The zero-order valence-corrected chi connectivity index (χ0v) is 47.6. The maximum absolute atomic E-state index is 4.41. The number of rotatable bonds is 12. The van der Waals surface area contributed by atoms with Gasteiger partial charge in [0.1, 0.15) is 0 Å². The molecule has 0 saturated heterocycles. The van der Waals surface area contributed by atoms with Crippen LogP contribution < -0.4 is 0 Å². The van der Waals surface area contributed by atoms with Crippen molar-refractivity contribution in [2.75, 3.05) is 0 Å². The van der Waals surface area contributed by atoms with Crippen molar-refractivity contribution in [3.63, 3.8) is 0 Å². The third-order valence-corrected chi connectivity index (χ3v) is 33.8. The van der Waals surface area contributed by atoms with E-state index in [4.69, 9.17) is 0 Å². The Balaban J connectivity index is 0.00000298.